The quantitative estimate of drug-likeness (QED) is 0.862. The molecule has 7 nitrogen and oxygen atoms in total. The minimum absolute atomic E-state index is 0.0244. The number of likely N-dealkylation sites (tertiary alicyclic amines) is 1. The molecule has 0 radical (unpaired) electrons. The summed E-state index contributed by atoms with van der Waals surface area (Å²) in [6.45, 7) is 3.70. The van der Waals surface area contributed by atoms with Crippen molar-refractivity contribution in [3.8, 4) is 5.75 Å². The molecule has 2 aliphatic rings. The molecule has 1 fully saturated rings. The van der Waals surface area contributed by atoms with E-state index in [0.717, 1.165) is 23.3 Å². The van der Waals surface area contributed by atoms with E-state index in [0.29, 0.717) is 39.1 Å². The van der Waals surface area contributed by atoms with E-state index in [-0.39, 0.29) is 17.7 Å². The second-order valence-electron chi connectivity index (χ2n) is 6.49. The van der Waals surface area contributed by atoms with Crippen molar-refractivity contribution < 1.29 is 19.1 Å². The summed E-state index contributed by atoms with van der Waals surface area (Å²) in [4.78, 5) is 37.1. The van der Waals surface area contributed by atoms with Gasteiger partial charge in [0.2, 0.25) is 11.8 Å². The van der Waals surface area contributed by atoms with Crippen molar-refractivity contribution >= 4 is 17.8 Å². The number of nitrogens with one attached hydrogen (secondary N) is 2. The molecule has 4 amide bonds. The lowest BCUT2D eigenvalue weighted by Gasteiger charge is -2.30. The Morgan fingerprint density at radius 2 is 2.00 bits per heavy atom. The third kappa shape index (κ3) is 4.29. The second-order valence-corrected chi connectivity index (χ2v) is 6.49. The first kappa shape index (κ1) is 17.3. The molecule has 0 aromatic heterocycles. The number of hydrogen-bond acceptors (Lipinski definition) is 4. The van der Waals surface area contributed by atoms with Gasteiger partial charge in [0.1, 0.15) is 5.75 Å². The maximum Gasteiger partial charge on any atom is 0.321 e. The number of rotatable bonds is 3. The number of fused-ring (bicyclic) bond motifs is 1. The number of ether oxygens (including phenoxy) is 1. The van der Waals surface area contributed by atoms with Gasteiger partial charge in [-0.1, -0.05) is 12.1 Å². The van der Waals surface area contributed by atoms with Crippen molar-refractivity contribution in [1.29, 1.82) is 0 Å². The molecule has 0 spiro atoms. The van der Waals surface area contributed by atoms with Gasteiger partial charge in [-0.25, -0.2) is 4.79 Å². The smallest absolute Gasteiger partial charge is 0.321 e. The van der Waals surface area contributed by atoms with Crippen LogP contribution >= 0.6 is 0 Å². The Balaban J connectivity index is 1.43. The van der Waals surface area contributed by atoms with Gasteiger partial charge in [-0.3, -0.25) is 14.9 Å². The summed E-state index contributed by atoms with van der Waals surface area (Å²) < 4.78 is 5.45. The Morgan fingerprint density at radius 3 is 2.72 bits per heavy atom. The average molecular weight is 345 g/mol. The van der Waals surface area contributed by atoms with Crippen molar-refractivity contribution in [2.75, 3.05) is 19.7 Å². The van der Waals surface area contributed by atoms with E-state index < -0.39 is 6.03 Å². The van der Waals surface area contributed by atoms with Gasteiger partial charge in [0.15, 0.2) is 0 Å². The molecule has 3 rings (SSSR count). The van der Waals surface area contributed by atoms with E-state index >= 15 is 0 Å². The molecule has 7 heteroatoms. The largest absolute Gasteiger partial charge is 0.493 e. The summed E-state index contributed by atoms with van der Waals surface area (Å²) in [5.41, 5.74) is 2.12. The van der Waals surface area contributed by atoms with Gasteiger partial charge in [0.05, 0.1) is 6.61 Å². The molecule has 25 heavy (non-hydrogen) atoms. The molecule has 0 atom stereocenters. The number of carbonyl (C=O) groups excluding carboxylic acids is 3. The molecule has 0 aliphatic carbocycles. The van der Waals surface area contributed by atoms with Crippen LogP contribution in [0.3, 0.4) is 0 Å². The van der Waals surface area contributed by atoms with Gasteiger partial charge >= 0.3 is 6.03 Å². The zero-order chi connectivity index (χ0) is 17.8. The van der Waals surface area contributed by atoms with Crippen molar-refractivity contribution in [3.63, 3.8) is 0 Å². The summed E-state index contributed by atoms with van der Waals surface area (Å²) in [7, 11) is 0. The summed E-state index contributed by atoms with van der Waals surface area (Å²) in [5, 5.41) is 5.11. The summed E-state index contributed by atoms with van der Waals surface area (Å²) in [5.74, 6) is 0.429. The van der Waals surface area contributed by atoms with Gasteiger partial charge in [-0.05, 0) is 30.0 Å². The number of carbonyl (C=O) groups is 3. The van der Waals surface area contributed by atoms with E-state index in [9.17, 15) is 14.4 Å². The number of benzene rings is 1. The number of piperidine rings is 1. The van der Waals surface area contributed by atoms with E-state index in [1.54, 1.807) is 4.90 Å². The monoisotopic (exact) mass is 345 g/mol. The van der Waals surface area contributed by atoms with E-state index in [1.807, 2.05) is 18.2 Å². The number of hydrogen-bond donors (Lipinski definition) is 2. The summed E-state index contributed by atoms with van der Waals surface area (Å²) in [6.07, 6.45) is 2.06. The van der Waals surface area contributed by atoms with Crippen molar-refractivity contribution in [2.45, 2.75) is 32.7 Å². The van der Waals surface area contributed by atoms with E-state index in [2.05, 4.69) is 10.6 Å². The van der Waals surface area contributed by atoms with Crippen molar-refractivity contribution in [1.82, 2.24) is 15.5 Å². The molecule has 0 unspecified atom stereocenters. The molecule has 0 bridgehead atoms. The van der Waals surface area contributed by atoms with Gasteiger partial charge < -0.3 is 15.0 Å². The average Bonchev–Trinajstić information content (AvgIpc) is 3.07. The van der Waals surface area contributed by atoms with Crippen LogP contribution < -0.4 is 15.4 Å². The highest BCUT2D eigenvalue weighted by Crippen LogP contribution is 2.25. The number of urea groups is 1. The highest BCUT2D eigenvalue weighted by molar-refractivity contribution is 5.95. The fraction of sp³-hybridized carbons (Fsp3) is 0.500. The summed E-state index contributed by atoms with van der Waals surface area (Å²) in [6, 6.07) is 5.34. The van der Waals surface area contributed by atoms with Gasteiger partial charge in [-0.2, -0.15) is 0 Å². The molecule has 1 aromatic carbocycles. The second kappa shape index (κ2) is 7.55. The molecule has 2 heterocycles. The maximum atomic E-state index is 12.2. The Kier molecular flexibility index (Phi) is 5.21. The van der Waals surface area contributed by atoms with Crippen LogP contribution in [0.15, 0.2) is 18.2 Å². The molecular formula is C18H23N3O4. The van der Waals surface area contributed by atoms with Crippen LogP contribution in [-0.2, 0) is 22.6 Å². The van der Waals surface area contributed by atoms with Gasteiger partial charge in [0, 0.05) is 38.9 Å². The Bertz CT molecular complexity index is 681. The first-order valence-electron chi connectivity index (χ1n) is 8.62. The number of imide groups is 1. The van der Waals surface area contributed by atoms with Crippen LogP contribution in [0.5, 0.6) is 5.75 Å². The third-order valence-corrected chi connectivity index (χ3v) is 4.75. The van der Waals surface area contributed by atoms with Crippen LogP contribution in [0.25, 0.3) is 0 Å². The minimum Gasteiger partial charge on any atom is -0.493 e. The predicted octanol–water partition coefficient (Wildman–Crippen LogP) is 1.21. The normalized spacial score (nSPS) is 16.8. The highest BCUT2D eigenvalue weighted by atomic mass is 16.5. The predicted molar refractivity (Wildman–Crippen MR) is 91.0 cm³/mol. The zero-order valence-corrected chi connectivity index (χ0v) is 14.3. The molecule has 1 saturated heterocycles. The Morgan fingerprint density at radius 1 is 1.24 bits per heavy atom. The van der Waals surface area contributed by atoms with Gasteiger partial charge in [0.25, 0.3) is 0 Å². The van der Waals surface area contributed by atoms with Crippen LogP contribution in [0.1, 0.15) is 30.9 Å². The van der Waals surface area contributed by atoms with Crippen LogP contribution in [0, 0.1) is 5.92 Å². The summed E-state index contributed by atoms with van der Waals surface area (Å²) >= 11 is 0. The fourth-order valence-electron chi connectivity index (χ4n) is 3.25. The van der Waals surface area contributed by atoms with Gasteiger partial charge in [-0.15, -0.1) is 0 Å². The molecule has 1 aromatic rings. The van der Waals surface area contributed by atoms with Crippen LogP contribution in [0.4, 0.5) is 4.79 Å². The first-order chi connectivity index (χ1) is 12.0. The fourth-order valence-corrected chi connectivity index (χ4v) is 3.25. The Labute approximate surface area is 146 Å². The van der Waals surface area contributed by atoms with Crippen LogP contribution in [0.2, 0.25) is 0 Å². The third-order valence-electron chi connectivity index (χ3n) is 4.75. The van der Waals surface area contributed by atoms with Crippen molar-refractivity contribution in [2.24, 2.45) is 5.92 Å². The molecule has 2 aliphatic heterocycles. The topological polar surface area (TPSA) is 87.7 Å². The maximum absolute atomic E-state index is 12.2. The minimum atomic E-state index is -0.490. The standard InChI is InChI=1S/C18H23N3O4/c1-12(22)21-7-4-14(5-8-21)17(23)20-18(24)19-11-13-2-3-16-15(10-13)6-9-25-16/h2-3,10,14H,4-9,11H2,1H3,(H2,19,20,23,24). The molecule has 2 N–H and O–H groups in total. The van der Waals surface area contributed by atoms with E-state index in [1.165, 1.54) is 6.92 Å². The number of nitrogens with zero attached hydrogens (tertiary/aromatic N) is 1. The Hall–Kier alpha value is -2.57. The molecule has 0 saturated carbocycles. The number of amides is 4. The zero-order valence-electron chi connectivity index (χ0n) is 14.3. The lowest BCUT2D eigenvalue weighted by Crippen LogP contribution is -2.46. The first-order valence-corrected chi connectivity index (χ1v) is 8.62. The van der Waals surface area contributed by atoms with Crippen molar-refractivity contribution in [3.05, 3.63) is 29.3 Å². The lowest BCUT2D eigenvalue weighted by molar-refractivity contribution is -0.133. The van der Waals surface area contributed by atoms with Crippen LogP contribution in [-0.4, -0.2) is 42.4 Å². The lowest BCUT2D eigenvalue weighted by atomic mass is 9.96. The van der Waals surface area contributed by atoms with E-state index in [4.69, 9.17) is 4.74 Å². The molecule has 134 valence electrons. The SMILES string of the molecule is CC(=O)N1CCC(C(=O)NC(=O)NCc2ccc3c(c2)CCO3)CC1. The highest BCUT2D eigenvalue weighted by Gasteiger charge is 2.26. The molecular weight excluding hydrogens is 322 g/mol.